The van der Waals surface area contributed by atoms with Gasteiger partial charge in [-0.05, 0) is 82.4 Å². The van der Waals surface area contributed by atoms with Crippen molar-refractivity contribution in [2.45, 2.75) is 59.5 Å². The third kappa shape index (κ3) is 5.57. The maximum absolute atomic E-state index is 13.8. The molecular weight excluding hydrogens is 397 g/mol. The Hall–Kier alpha value is -2.47. The molecule has 4 nitrogen and oxygen atoms in total. The van der Waals surface area contributed by atoms with Gasteiger partial charge in [-0.3, -0.25) is 4.99 Å². The topological polar surface area (TPSA) is 45.6 Å². The third-order valence-corrected chi connectivity index (χ3v) is 5.42. The lowest BCUT2D eigenvalue weighted by Crippen LogP contribution is -2.21. The fourth-order valence-corrected chi connectivity index (χ4v) is 4.02. The third-order valence-electron chi connectivity index (χ3n) is 5.22. The van der Waals surface area contributed by atoms with E-state index in [-0.39, 0.29) is 11.9 Å². The van der Waals surface area contributed by atoms with Gasteiger partial charge >= 0.3 is 0 Å². The largest absolute Gasteiger partial charge is 0.489 e. The Balaban J connectivity index is 1.79. The van der Waals surface area contributed by atoms with Crippen molar-refractivity contribution < 1.29 is 9.13 Å². The number of anilines is 2. The zero-order valence-corrected chi connectivity index (χ0v) is 18.9. The molecule has 2 aromatic carbocycles. The van der Waals surface area contributed by atoms with Gasteiger partial charge in [0.15, 0.2) is 5.11 Å². The first-order valence-electron chi connectivity index (χ1n) is 10.6. The summed E-state index contributed by atoms with van der Waals surface area (Å²) in [7, 11) is 0. The molecule has 1 unspecified atom stereocenters. The molecule has 30 heavy (non-hydrogen) atoms. The van der Waals surface area contributed by atoms with E-state index in [9.17, 15) is 4.39 Å². The van der Waals surface area contributed by atoms with Gasteiger partial charge < -0.3 is 15.4 Å². The maximum Gasteiger partial charge on any atom is 0.175 e. The van der Waals surface area contributed by atoms with Crippen molar-refractivity contribution in [3.8, 4) is 5.75 Å². The molecular formula is C24H30FN3OS. The van der Waals surface area contributed by atoms with Crippen LogP contribution in [0, 0.1) is 11.7 Å². The van der Waals surface area contributed by atoms with Gasteiger partial charge in [-0.25, -0.2) is 4.39 Å². The summed E-state index contributed by atoms with van der Waals surface area (Å²) in [6, 6.07) is 10.4. The van der Waals surface area contributed by atoms with E-state index < -0.39 is 0 Å². The van der Waals surface area contributed by atoms with Gasteiger partial charge in [0.2, 0.25) is 0 Å². The Morgan fingerprint density at radius 3 is 2.73 bits per heavy atom. The molecule has 0 fully saturated rings. The summed E-state index contributed by atoms with van der Waals surface area (Å²) in [4.78, 5) is 4.89. The Morgan fingerprint density at radius 2 is 2.00 bits per heavy atom. The highest BCUT2D eigenvalue weighted by atomic mass is 32.1. The van der Waals surface area contributed by atoms with E-state index in [1.165, 1.54) is 17.8 Å². The number of benzene rings is 2. The number of nitrogens with zero attached hydrogens (tertiary/aromatic N) is 1. The smallest absolute Gasteiger partial charge is 0.175 e. The quantitative estimate of drug-likeness (QED) is 0.493. The number of aliphatic imine (C=N–C) groups is 1. The lowest BCUT2D eigenvalue weighted by Gasteiger charge is -2.18. The molecule has 0 saturated carbocycles. The lowest BCUT2D eigenvalue weighted by molar-refractivity contribution is 0.243. The lowest BCUT2D eigenvalue weighted by atomic mass is 9.92. The molecule has 0 aromatic heterocycles. The molecule has 3 rings (SSSR count). The summed E-state index contributed by atoms with van der Waals surface area (Å²) in [5.74, 6) is 0.727. The van der Waals surface area contributed by atoms with Gasteiger partial charge in [-0.2, -0.15) is 0 Å². The molecule has 160 valence electrons. The minimum absolute atomic E-state index is 0.0281. The van der Waals surface area contributed by atoms with Crippen LogP contribution in [0.2, 0.25) is 0 Å². The molecule has 0 radical (unpaired) electrons. The van der Waals surface area contributed by atoms with Crippen molar-refractivity contribution in [1.29, 1.82) is 0 Å². The number of nitrogens with one attached hydrogen (secondary N) is 2. The van der Waals surface area contributed by atoms with Crippen LogP contribution in [0.3, 0.4) is 0 Å². The van der Waals surface area contributed by atoms with Crippen molar-refractivity contribution in [2.24, 2.45) is 10.9 Å². The molecule has 0 amide bonds. The average Bonchev–Trinajstić information content (AvgIpc) is 2.83. The van der Waals surface area contributed by atoms with E-state index in [2.05, 4.69) is 30.5 Å². The van der Waals surface area contributed by atoms with Gasteiger partial charge in [-0.15, -0.1) is 0 Å². The van der Waals surface area contributed by atoms with E-state index in [1.54, 1.807) is 6.07 Å². The average molecular weight is 428 g/mol. The maximum atomic E-state index is 13.8. The second kappa shape index (κ2) is 10.0. The predicted molar refractivity (Wildman–Crippen MR) is 128 cm³/mol. The number of ether oxygens (including phenoxy) is 1. The molecule has 0 bridgehead atoms. The standard InChI is InChI=1S/C24H30FN3OS/c1-5-7-17-10-12-19-20(26-16(17)4)8-6-9-21(19)27-24(30)28-22-14-18(25)11-13-23(22)29-15(2)3/h6,8-9,11,13-15,17H,5,7,10,12H2,1-4H3,(H2,27,28,30). The van der Waals surface area contributed by atoms with Crippen molar-refractivity contribution in [3.63, 3.8) is 0 Å². The highest BCUT2D eigenvalue weighted by Crippen LogP contribution is 2.34. The van der Waals surface area contributed by atoms with E-state index in [4.69, 9.17) is 21.9 Å². The van der Waals surface area contributed by atoms with E-state index in [0.29, 0.717) is 22.5 Å². The molecule has 1 heterocycles. The van der Waals surface area contributed by atoms with Crippen LogP contribution in [0.1, 0.15) is 52.5 Å². The first-order valence-corrected chi connectivity index (χ1v) is 11.0. The predicted octanol–water partition coefficient (Wildman–Crippen LogP) is 6.88. The summed E-state index contributed by atoms with van der Waals surface area (Å²) >= 11 is 5.53. The number of rotatable bonds is 6. The Morgan fingerprint density at radius 1 is 1.23 bits per heavy atom. The van der Waals surface area contributed by atoms with E-state index in [1.807, 2.05) is 26.0 Å². The Labute approximate surface area is 183 Å². The summed E-state index contributed by atoms with van der Waals surface area (Å²) < 4.78 is 19.6. The Kier molecular flexibility index (Phi) is 7.43. The molecule has 6 heteroatoms. The molecule has 2 aromatic rings. The van der Waals surface area contributed by atoms with Crippen molar-refractivity contribution in [3.05, 3.63) is 47.8 Å². The van der Waals surface area contributed by atoms with E-state index >= 15 is 0 Å². The van der Waals surface area contributed by atoms with Gasteiger partial charge in [-0.1, -0.05) is 19.4 Å². The summed E-state index contributed by atoms with van der Waals surface area (Å²) in [5, 5.41) is 6.75. The first-order chi connectivity index (χ1) is 14.4. The zero-order valence-electron chi connectivity index (χ0n) is 18.1. The summed E-state index contributed by atoms with van der Waals surface area (Å²) in [5.41, 5.74) is 4.79. The van der Waals surface area contributed by atoms with Crippen LogP contribution >= 0.6 is 12.2 Å². The molecule has 1 aliphatic heterocycles. The minimum atomic E-state index is -0.350. The van der Waals surface area contributed by atoms with Crippen LogP contribution < -0.4 is 15.4 Å². The molecule has 0 saturated heterocycles. The fraction of sp³-hybridized carbons (Fsp3) is 0.417. The highest BCUT2D eigenvalue weighted by Gasteiger charge is 2.19. The second-order valence-corrected chi connectivity index (χ2v) is 8.38. The van der Waals surface area contributed by atoms with Crippen LogP contribution in [0.15, 0.2) is 41.4 Å². The van der Waals surface area contributed by atoms with Crippen LogP contribution in [-0.4, -0.2) is 16.9 Å². The van der Waals surface area contributed by atoms with Crippen LogP contribution in [0.25, 0.3) is 0 Å². The fourth-order valence-electron chi connectivity index (χ4n) is 3.80. The van der Waals surface area contributed by atoms with E-state index in [0.717, 1.165) is 42.6 Å². The number of hydrogen-bond donors (Lipinski definition) is 2. The van der Waals surface area contributed by atoms with Crippen molar-refractivity contribution in [2.75, 3.05) is 10.6 Å². The molecule has 1 aliphatic rings. The summed E-state index contributed by atoms with van der Waals surface area (Å²) in [6.45, 7) is 8.20. The van der Waals surface area contributed by atoms with Crippen molar-refractivity contribution in [1.82, 2.24) is 0 Å². The van der Waals surface area contributed by atoms with Crippen LogP contribution in [-0.2, 0) is 6.42 Å². The van der Waals surface area contributed by atoms with Crippen LogP contribution in [0.5, 0.6) is 5.75 Å². The Bertz CT molecular complexity index is 942. The van der Waals surface area contributed by atoms with Gasteiger partial charge in [0, 0.05) is 23.0 Å². The zero-order chi connectivity index (χ0) is 21.7. The van der Waals surface area contributed by atoms with Crippen LogP contribution in [0.4, 0.5) is 21.5 Å². The number of thiocarbonyl (C=S) groups is 1. The van der Waals surface area contributed by atoms with Crippen molar-refractivity contribution >= 4 is 40.1 Å². The SMILES string of the molecule is CCCC1CCc2c(cccc2NC(=S)Nc2cc(F)ccc2OC(C)C)N=C1C. The normalized spacial score (nSPS) is 15.8. The summed E-state index contributed by atoms with van der Waals surface area (Å²) in [6.07, 6.45) is 4.30. The highest BCUT2D eigenvalue weighted by molar-refractivity contribution is 7.80. The first kappa shape index (κ1) is 22.2. The number of fused-ring (bicyclic) bond motifs is 1. The molecule has 0 spiro atoms. The van der Waals surface area contributed by atoms with Gasteiger partial charge in [0.1, 0.15) is 11.6 Å². The molecule has 0 aliphatic carbocycles. The van der Waals surface area contributed by atoms with Gasteiger partial charge in [0.25, 0.3) is 0 Å². The van der Waals surface area contributed by atoms with Gasteiger partial charge in [0.05, 0.1) is 17.5 Å². The second-order valence-electron chi connectivity index (χ2n) is 7.97. The number of halogens is 1. The molecule has 1 atom stereocenters. The minimum Gasteiger partial charge on any atom is -0.489 e. The monoisotopic (exact) mass is 427 g/mol. The molecule has 2 N–H and O–H groups in total. The number of hydrogen-bond acceptors (Lipinski definition) is 3.